The Balaban J connectivity index is 2.53. The molecule has 0 aromatic rings. The van der Waals surface area contributed by atoms with E-state index in [1.54, 1.807) is 0 Å². The molecule has 0 N–H and O–H groups in total. The van der Waals surface area contributed by atoms with Crippen LogP contribution in [0.1, 0.15) is 20.8 Å². The molecule has 60 valence electrons. The molecule has 0 radical (unpaired) electrons. The predicted octanol–water partition coefficient (Wildman–Crippen LogP) is 2.28. The molecule has 0 amide bonds. The van der Waals surface area contributed by atoms with Crippen molar-refractivity contribution in [3.05, 3.63) is 0 Å². The van der Waals surface area contributed by atoms with Gasteiger partial charge in [0.05, 0.1) is 12.2 Å². The van der Waals surface area contributed by atoms with Crippen LogP contribution in [-0.2, 0) is 4.74 Å². The average Bonchev–Trinajstić information content (AvgIpc) is 2.17. The topological polar surface area (TPSA) is 9.23 Å². The van der Waals surface area contributed by atoms with Gasteiger partial charge in [-0.15, -0.1) is 11.6 Å². The van der Waals surface area contributed by atoms with Crippen molar-refractivity contribution in [1.29, 1.82) is 0 Å². The maximum Gasteiger partial charge on any atom is 0.0743 e. The molecule has 0 aromatic heterocycles. The Morgan fingerprint density at radius 3 is 2.00 bits per heavy atom. The minimum atomic E-state index is 0.284. The van der Waals surface area contributed by atoms with E-state index < -0.39 is 0 Å². The van der Waals surface area contributed by atoms with Crippen LogP contribution in [0.25, 0.3) is 0 Å². The van der Waals surface area contributed by atoms with E-state index in [-0.39, 0.29) is 6.10 Å². The van der Waals surface area contributed by atoms with Crippen molar-refractivity contribution >= 4 is 11.6 Å². The number of halogens is 1. The number of ether oxygens (including phenoxy) is 1. The van der Waals surface area contributed by atoms with Crippen LogP contribution < -0.4 is 0 Å². The molecule has 1 saturated heterocycles. The summed E-state index contributed by atoms with van der Waals surface area (Å²) in [5, 5.41) is 0. The lowest BCUT2D eigenvalue weighted by Crippen LogP contribution is -2.17. The van der Waals surface area contributed by atoms with Crippen molar-refractivity contribution in [2.75, 3.05) is 5.88 Å². The van der Waals surface area contributed by atoms with Crippen LogP contribution in [0.2, 0.25) is 0 Å². The fourth-order valence-electron chi connectivity index (χ4n) is 1.47. The summed E-state index contributed by atoms with van der Waals surface area (Å²) >= 11 is 5.71. The second kappa shape index (κ2) is 3.10. The molecule has 0 saturated carbocycles. The van der Waals surface area contributed by atoms with Crippen molar-refractivity contribution in [1.82, 2.24) is 0 Å². The predicted molar refractivity (Wildman–Crippen MR) is 43.4 cm³/mol. The molecule has 0 aliphatic carbocycles. The molecular weight excluding hydrogens is 148 g/mol. The Morgan fingerprint density at radius 1 is 1.20 bits per heavy atom. The largest absolute Gasteiger partial charge is 0.373 e. The summed E-state index contributed by atoms with van der Waals surface area (Å²) in [6, 6.07) is 0. The number of rotatable bonds is 1. The van der Waals surface area contributed by atoms with Crippen LogP contribution in [0.3, 0.4) is 0 Å². The molecule has 4 unspecified atom stereocenters. The molecule has 1 fully saturated rings. The van der Waals surface area contributed by atoms with E-state index in [9.17, 15) is 0 Å². The zero-order valence-corrected chi connectivity index (χ0v) is 7.56. The fourth-order valence-corrected chi connectivity index (χ4v) is 1.82. The van der Waals surface area contributed by atoms with E-state index in [2.05, 4.69) is 20.8 Å². The fraction of sp³-hybridized carbons (Fsp3) is 1.00. The summed E-state index contributed by atoms with van der Waals surface area (Å²) in [6.45, 7) is 6.55. The van der Waals surface area contributed by atoms with Gasteiger partial charge in [0.1, 0.15) is 0 Å². The molecule has 1 rings (SSSR count). The summed E-state index contributed by atoms with van der Waals surface area (Å²) in [6.07, 6.45) is 0.672. The molecule has 10 heavy (non-hydrogen) atoms. The van der Waals surface area contributed by atoms with E-state index in [4.69, 9.17) is 16.3 Å². The van der Waals surface area contributed by atoms with E-state index in [0.29, 0.717) is 23.8 Å². The van der Waals surface area contributed by atoms with Crippen LogP contribution in [0.4, 0.5) is 0 Å². The van der Waals surface area contributed by atoms with Gasteiger partial charge in [-0.3, -0.25) is 0 Å². The first-order chi connectivity index (χ1) is 4.66. The first-order valence-electron chi connectivity index (χ1n) is 3.88. The summed E-state index contributed by atoms with van der Waals surface area (Å²) in [5.74, 6) is 1.91. The van der Waals surface area contributed by atoms with Crippen molar-refractivity contribution < 1.29 is 4.74 Å². The third kappa shape index (κ3) is 1.30. The van der Waals surface area contributed by atoms with Gasteiger partial charge in [-0.2, -0.15) is 0 Å². The van der Waals surface area contributed by atoms with Crippen LogP contribution in [0, 0.1) is 11.8 Å². The molecule has 0 spiro atoms. The summed E-state index contributed by atoms with van der Waals surface area (Å²) in [5.41, 5.74) is 0. The zero-order valence-electron chi connectivity index (χ0n) is 6.80. The number of hydrogen-bond acceptors (Lipinski definition) is 1. The van der Waals surface area contributed by atoms with Crippen LogP contribution in [0.15, 0.2) is 0 Å². The maximum absolute atomic E-state index is 5.71. The standard InChI is InChI=1S/C8H15ClO/c1-5-6(2)8(4-9)10-7(5)3/h5-8H,4H2,1-3H3. The highest BCUT2D eigenvalue weighted by Crippen LogP contribution is 2.32. The lowest BCUT2D eigenvalue weighted by Gasteiger charge is -2.12. The second-order valence-electron chi connectivity index (χ2n) is 3.25. The van der Waals surface area contributed by atoms with Gasteiger partial charge in [-0.05, 0) is 18.8 Å². The van der Waals surface area contributed by atoms with Gasteiger partial charge in [-0.1, -0.05) is 13.8 Å². The van der Waals surface area contributed by atoms with E-state index >= 15 is 0 Å². The van der Waals surface area contributed by atoms with Crippen LogP contribution in [-0.4, -0.2) is 18.1 Å². The van der Waals surface area contributed by atoms with Crippen molar-refractivity contribution in [2.24, 2.45) is 11.8 Å². The van der Waals surface area contributed by atoms with Crippen LogP contribution in [0.5, 0.6) is 0 Å². The van der Waals surface area contributed by atoms with Gasteiger partial charge < -0.3 is 4.74 Å². The smallest absolute Gasteiger partial charge is 0.0743 e. The first kappa shape index (κ1) is 8.35. The summed E-state index contributed by atoms with van der Waals surface area (Å²) in [4.78, 5) is 0. The highest BCUT2D eigenvalue weighted by molar-refractivity contribution is 6.18. The molecule has 4 atom stereocenters. The first-order valence-corrected chi connectivity index (χ1v) is 4.41. The third-order valence-corrected chi connectivity index (χ3v) is 3.00. The summed E-state index contributed by atoms with van der Waals surface area (Å²) < 4.78 is 5.60. The summed E-state index contributed by atoms with van der Waals surface area (Å²) in [7, 11) is 0. The van der Waals surface area contributed by atoms with Gasteiger partial charge in [0, 0.05) is 5.88 Å². The maximum atomic E-state index is 5.71. The average molecular weight is 163 g/mol. The van der Waals surface area contributed by atoms with Crippen molar-refractivity contribution in [3.8, 4) is 0 Å². The quantitative estimate of drug-likeness (QED) is 0.538. The number of hydrogen-bond donors (Lipinski definition) is 0. The van der Waals surface area contributed by atoms with Crippen LogP contribution >= 0.6 is 11.6 Å². The molecule has 1 aliphatic heterocycles. The van der Waals surface area contributed by atoms with Crippen molar-refractivity contribution in [2.45, 2.75) is 33.0 Å². The lowest BCUT2D eigenvalue weighted by atomic mass is 9.92. The molecule has 2 heteroatoms. The minimum absolute atomic E-state index is 0.284. The van der Waals surface area contributed by atoms with Gasteiger partial charge in [-0.25, -0.2) is 0 Å². The van der Waals surface area contributed by atoms with Gasteiger partial charge >= 0.3 is 0 Å². The molecule has 1 heterocycles. The highest BCUT2D eigenvalue weighted by atomic mass is 35.5. The Labute approximate surface area is 67.7 Å². The second-order valence-corrected chi connectivity index (χ2v) is 3.56. The highest BCUT2D eigenvalue weighted by Gasteiger charge is 2.35. The lowest BCUT2D eigenvalue weighted by molar-refractivity contribution is 0.0544. The monoisotopic (exact) mass is 162 g/mol. The molecular formula is C8H15ClO. The van der Waals surface area contributed by atoms with E-state index in [0.717, 1.165) is 0 Å². The van der Waals surface area contributed by atoms with Gasteiger partial charge in [0.15, 0.2) is 0 Å². The molecule has 0 aromatic carbocycles. The Bertz CT molecular complexity index is 116. The molecule has 1 nitrogen and oxygen atoms in total. The minimum Gasteiger partial charge on any atom is -0.373 e. The van der Waals surface area contributed by atoms with Gasteiger partial charge in [0.25, 0.3) is 0 Å². The SMILES string of the molecule is CC1OC(CCl)C(C)C1C. The van der Waals surface area contributed by atoms with E-state index in [1.165, 1.54) is 0 Å². The Morgan fingerprint density at radius 2 is 1.80 bits per heavy atom. The third-order valence-electron chi connectivity index (χ3n) is 2.70. The number of alkyl halides is 1. The Hall–Kier alpha value is 0.250. The Kier molecular flexibility index (Phi) is 2.59. The van der Waals surface area contributed by atoms with E-state index in [1.807, 2.05) is 0 Å². The van der Waals surface area contributed by atoms with Crippen molar-refractivity contribution in [3.63, 3.8) is 0 Å². The molecule has 1 aliphatic rings. The molecule has 0 bridgehead atoms. The van der Waals surface area contributed by atoms with Gasteiger partial charge in [0.2, 0.25) is 0 Å². The normalized spacial score (nSPS) is 48.0. The zero-order chi connectivity index (χ0) is 7.72.